The van der Waals surface area contributed by atoms with E-state index in [9.17, 15) is 4.79 Å². The van der Waals surface area contributed by atoms with E-state index in [2.05, 4.69) is 27.3 Å². The van der Waals surface area contributed by atoms with Crippen molar-refractivity contribution in [2.24, 2.45) is 0 Å². The highest BCUT2D eigenvalue weighted by atomic mass is 79.9. The molecular formula is C11H10BrN3O. The van der Waals surface area contributed by atoms with E-state index in [1.165, 1.54) is 0 Å². The molecule has 1 saturated heterocycles. The van der Waals surface area contributed by atoms with Gasteiger partial charge in [0.15, 0.2) is 0 Å². The quantitative estimate of drug-likeness (QED) is 0.842. The topological polar surface area (TPSA) is 56.1 Å². The predicted molar refractivity (Wildman–Crippen MR) is 64.1 cm³/mol. The van der Waals surface area contributed by atoms with Crippen molar-refractivity contribution in [2.75, 3.05) is 24.5 Å². The van der Waals surface area contributed by atoms with Gasteiger partial charge in [-0.05, 0) is 18.2 Å². The van der Waals surface area contributed by atoms with Gasteiger partial charge in [0.05, 0.1) is 18.2 Å². The van der Waals surface area contributed by atoms with E-state index in [4.69, 9.17) is 5.26 Å². The molecular weight excluding hydrogens is 270 g/mol. The molecule has 1 aliphatic heterocycles. The molecule has 0 unspecified atom stereocenters. The number of hydrogen-bond acceptors (Lipinski definition) is 3. The largest absolute Gasteiger partial charge is 0.360 e. The van der Waals surface area contributed by atoms with Gasteiger partial charge in [0.25, 0.3) is 0 Å². The van der Waals surface area contributed by atoms with Crippen LogP contribution in [-0.2, 0) is 4.79 Å². The Morgan fingerprint density at radius 3 is 2.94 bits per heavy atom. The number of anilines is 1. The Labute approximate surface area is 102 Å². The molecule has 1 N–H and O–H groups in total. The van der Waals surface area contributed by atoms with Crippen LogP contribution in [0.5, 0.6) is 0 Å². The summed E-state index contributed by atoms with van der Waals surface area (Å²) < 4.78 is 0.854. The maximum absolute atomic E-state index is 11.3. The molecule has 4 nitrogen and oxygen atoms in total. The van der Waals surface area contributed by atoms with E-state index < -0.39 is 0 Å². The Balaban J connectivity index is 2.29. The van der Waals surface area contributed by atoms with Crippen LogP contribution in [0.4, 0.5) is 5.69 Å². The van der Waals surface area contributed by atoms with Crippen LogP contribution in [0.3, 0.4) is 0 Å². The van der Waals surface area contributed by atoms with Crippen molar-refractivity contribution in [3.63, 3.8) is 0 Å². The lowest BCUT2D eigenvalue weighted by Gasteiger charge is -2.28. The smallest absolute Gasteiger partial charge is 0.239 e. The summed E-state index contributed by atoms with van der Waals surface area (Å²) in [6.07, 6.45) is 0. The van der Waals surface area contributed by atoms with Crippen LogP contribution in [0.2, 0.25) is 0 Å². The fourth-order valence-corrected chi connectivity index (χ4v) is 2.16. The van der Waals surface area contributed by atoms with Gasteiger partial charge in [0.2, 0.25) is 5.91 Å². The van der Waals surface area contributed by atoms with Crippen LogP contribution < -0.4 is 10.2 Å². The molecule has 5 heteroatoms. The predicted octanol–water partition coefficient (Wildman–Crippen LogP) is 1.26. The summed E-state index contributed by atoms with van der Waals surface area (Å²) in [5.41, 5.74) is 1.50. The summed E-state index contributed by atoms with van der Waals surface area (Å²) >= 11 is 3.36. The standard InChI is InChI=1S/C11H10BrN3O/c12-9-3-8(6-13)4-10(5-9)15-2-1-14-11(16)7-15/h3-5H,1-2,7H2,(H,14,16). The lowest BCUT2D eigenvalue weighted by atomic mass is 10.2. The lowest BCUT2D eigenvalue weighted by molar-refractivity contribution is -0.120. The van der Waals surface area contributed by atoms with E-state index in [0.29, 0.717) is 18.7 Å². The number of carbonyl (C=O) groups is 1. The van der Waals surface area contributed by atoms with Gasteiger partial charge in [-0.25, -0.2) is 0 Å². The molecule has 0 saturated carbocycles. The van der Waals surface area contributed by atoms with Gasteiger partial charge < -0.3 is 10.2 Å². The number of rotatable bonds is 1. The summed E-state index contributed by atoms with van der Waals surface area (Å²) in [5.74, 6) is 0.0183. The van der Waals surface area contributed by atoms with Gasteiger partial charge in [-0.1, -0.05) is 15.9 Å². The minimum absolute atomic E-state index is 0.0183. The molecule has 1 heterocycles. The highest BCUT2D eigenvalue weighted by Crippen LogP contribution is 2.22. The highest BCUT2D eigenvalue weighted by Gasteiger charge is 2.17. The molecule has 82 valence electrons. The number of hydrogen-bond donors (Lipinski definition) is 1. The van der Waals surface area contributed by atoms with Crippen LogP contribution in [0, 0.1) is 11.3 Å². The molecule has 0 radical (unpaired) electrons. The average Bonchev–Trinajstić information content (AvgIpc) is 2.28. The molecule has 1 fully saturated rings. The minimum Gasteiger partial charge on any atom is -0.360 e. The third-order valence-corrected chi connectivity index (χ3v) is 2.87. The van der Waals surface area contributed by atoms with E-state index >= 15 is 0 Å². The molecule has 1 aromatic carbocycles. The van der Waals surface area contributed by atoms with Crippen LogP contribution >= 0.6 is 15.9 Å². The van der Waals surface area contributed by atoms with Crippen LogP contribution in [0.1, 0.15) is 5.56 Å². The van der Waals surface area contributed by atoms with Crippen LogP contribution in [-0.4, -0.2) is 25.5 Å². The number of nitriles is 1. The van der Waals surface area contributed by atoms with Crippen molar-refractivity contribution in [2.45, 2.75) is 0 Å². The van der Waals surface area contributed by atoms with Gasteiger partial charge in [-0.15, -0.1) is 0 Å². The number of piperazine rings is 1. The third-order valence-electron chi connectivity index (χ3n) is 2.42. The summed E-state index contributed by atoms with van der Waals surface area (Å²) in [7, 11) is 0. The zero-order valence-corrected chi connectivity index (χ0v) is 10.1. The molecule has 16 heavy (non-hydrogen) atoms. The Kier molecular flexibility index (Phi) is 3.11. The molecule has 0 bridgehead atoms. The van der Waals surface area contributed by atoms with E-state index in [0.717, 1.165) is 16.7 Å². The minimum atomic E-state index is 0.0183. The molecule has 0 aliphatic carbocycles. The SMILES string of the molecule is N#Cc1cc(Br)cc(N2CCNC(=O)C2)c1. The summed E-state index contributed by atoms with van der Waals surface area (Å²) in [6.45, 7) is 1.77. The van der Waals surface area contributed by atoms with Crippen molar-refractivity contribution in [1.29, 1.82) is 5.26 Å². The zero-order chi connectivity index (χ0) is 11.5. The molecule has 1 amide bonds. The van der Waals surface area contributed by atoms with Crippen molar-refractivity contribution in [3.05, 3.63) is 28.2 Å². The number of halogens is 1. The van der Waals surface area contributed by atoms with Gasteiger partial charge in [0, 0.05) is 23.2 Å². The Bertz CT molecular complexity index is 467. The molecule has 0 atom stereocenters. The number of benzene rings is 1. The van der Waals surface area contributed by atoms with E-state index in [-0.39, 0.29) is 5.91 Å². The van der Waals surface area contributed by atoms with Crippen molar-refractivity contribution in [1.82, 2.24) is 5.32 Å². The third kappa shape index (κ3) is 2.34. The van der Waals surface area contributed by atoms with Crippen LogP contribution in [0.25, 0.3) is 0 Å². The van der Waals surface area contributed by atoms with E-state index in [1.54, 1.807) is 12.1 Å². The molecule has 0 spiro atoms. The number of nitrogens with one attached hydrogen (secondary N) is 1. The zero-order valence-electron chi connectivity index (χ0n) is 8.53. The fourth-order valence-electron chi connectivity index (χ4n) is 1.68. The van der Waals surface area contributed by atoms with Crippen molar-refractivity contribution < 1.29 is 4.79 Å². The first kappa shape index (κ1) is 11.0. The fraction of sp³-hybridized carbons (Fsp3) is 0.273. The maximum atomic E-state index is 11.3. The molecule has 1 aliphatic rings. The second kappa shape index (κ2) is 4.54. The Morgan fingerprint density at radius 2 is 2.25 bits per heavy atom. The first-order valence-electron chi connectivity index (χ1n) is 4.91. The van der Waals surface area contributed by atoms with Crippen molar-refractivity contribution >= 4 is 27.5 Å². The van der Waals surface area contributed by atoms with Crippen LogP contribution in [0.15, 0.2) is 22.7 Å². The number of carbonyl (C=O) groups excluding carboxylic acids is 1. The lowest BCUT2D eigenvalue weighted by Crippen LogP contribution is -2.47. The van der Waals surface area contributed by atoms with Crippen molar-refractivity contribution in [3.8, 4) is 6.07 Å². The molecule has 1 aromatic rings. The van der Waals surface area contributed by atoms with Gasteiger partial charge >= 0.3 is 0 Å². The second-order valence-corrected chi connectivity index (χ2v) is 4.50. The number of amides is 1. The Hall–Kier alpha value is -1.54. The first-order valence-corrected chi connectivity index (χ1v) is 5.70. The first-order chi connectivity index (χ1) is 7.69. The maximum Gasteiger partial charge on any atom is 0.239 e. The summed E-state index contributed by atoms with van der Waals surface area (Å²) in [6, 6.07) is 7.57. The normalized spacial score (nSPS) is 15.5. The second-order valence-electron chi connectivity index (χ2n) is 3.58. The molecule has 0 aromatic heterocycles. The number of nitrogens with zero attached hydrogens (tertiary/aromatic N) is 2. The Morgan fingerprint density at radius 1 is 1.44 bits per heavy atom. The van der Waals surface area contributed by atoms with Gasteiger partial charge in [0.1, 0.15) is 0 Å². The van der Waals surface area contributed by atoms with Gasteiger partial charge in [-0.3, -0.25) is 4.79 Å². The van der Waals surface area contributed by atoms with E-state index in [1.807, 2.05) is 11.0 Å². The molecule has 2 rings (SSSR count). The average molecular weight is 280 g/mol. The summed E-state index contributed by atoms with van der Waals surface area (Å²) in [5, 5.41) is 11.6. The summed E-state index contributed by atoms with van der Waals surface area (Å²) in [4.78, 5) is 13.2. The van der Waals surface area contributed by atoms with Gasteiger partial charge in [-0.2, -0.15) is 5.26 Å². The monoisotopic (exact) mass is 279 g/mol. The highest BCUT2D eigenvalue weighted by molar-refractivity contribution is 9.10.